The highest BCUT2D eigenvalue weighted by atomic mass is 32.2. The third kappa shape index (κ3) is 6.36. The molecule has 0 aliphatic rings. The average Bonchev–Trinajstić information content (AvgIpc) is 2.74. The lowest BCUT2D eigenvalue weighted by molar-refractivity contribution is -0.137. The van der Waals surface area contributed by atoms with Crippen LogP contribution in [0.3, 0.4) is 0 Å². The van der Waals surface area contributed by atoms with Crippen LogP contribution in [0.4, 0.5) is 24.5 Å². The smallest absolute Gasteiger partial charge is 0.325 e. The van der Waals surface area contributed by atoms with Gasteiger partial charge in [-0.2, -0.15) is 13.2 Å². The van der Waals surface area contributed by atoms with Gasteiger partial charge in [-0.05, 0) is 55.5 Å². The standard InChI is InChI=1S/C23H19F3N2O2S/c1-15-6-10-17(11-7-15)27-21(29)14-31-20-5-3-2-4-19(20)22(30)28-18-12-8-16(9-13-18)23(24,25)26/h2-13H,14H2,1H3,(H,27,29)(H,28,30). The van der Waals surface area contributed by atoms with E-state index in [1.54, 1.807) is 24.3 Å². The molecule has 2 amide bonds. The largest absolute Gasteiger partial charge is 0.416 e. The SMILES string of the molecule is Cc1ccc(NC(=O)CSc2ccccc2C(=O)Nc2ccc(C(F)(F)F)cc2)cc1. The van der Waals surface area contributed by atoms with Crippen molar-refractivity contribution in [3.05, 3.63) is 89.5 Å². The van der Waals surface area contributed by atoms with Crippen LogP contribution in [-0.2, 0) is 11.0 Å². The summed E-state index contributed by atoms with van der Waals surface area (Å²) in [7, 11) is 0. The second-order valence-electron chi connectivity index (χ2n) is 6.73. The molecule has 3 aromatic carbocycles. The van der Waals surface area contributed by atoms with Gasteiger partial charge in [-0.3, -0.25) is 9.59 Å². The van der Waals surface area contributed by atoms with Crippen molar-refractivity contribution in [3.8, 4) is 0 Å². The van der Waals surface area contributed by atoms with Crippen LogP contribution in [0.15, 0.2) is 77.7 Å². The van der Waals surface area contributed by atoms with Crippen LogP contribution in [-0.4, -0.2) is 17.6 Å². The molecule has 3 rings (SSSR count). The van der Waals surface area contributed by atoms with Gasteiger partial charge in [0.15, 0.2) is 0 Å². The summed E-state index contributed by atoms with van der Waals surface area (Å²) in [6.45, 7) is 1.95. The van der Waals surface area contributed by atoms with Crippen LogP contribution in [0.25, 0.3) is 0 Å². The molecule has 160 valence electrons. The number of carbonyl (C=O) groups is 2. The zero-order valence-corrected chi connectivity index (χ0v) is 17.3. The van der Waals surface area contributed by atoms with Crippen molar-refractivity contribution >= 4 is 35.0 Å². The van der Waals surface area contributed by atoms with Gasteiger partial charge in [0.1, 0.15) is 0 Å². The van der Waals surface area contributed by atoms with Crippen molar-refractivity contribution in [2.24, 2.45) is 0 Å². The minimum atomic E-state index is -4.44. The van der Waals surface area contributed by atoms with E-state index in [1.165, 1.54) is 23.9 Å². The molecule has 0 unspecified atom stereocenters. The molecule has 31 heavy (non-hydrogen) atoms. The highest BCUT2D eigenvalue weighted by Gasteiger charge is 2.30. The van der Waals surface area contributed by atoms with E-state index in [0.717, 1.165) is 17.7 Å². The molecule has 0 atom stereocenters. The minimum absolute atomic E-state index is 0.0957. The van der Waals surface area contributed by atoms with Crippen molar-refractivity contribution in [2.45, 2.75) is 18.0 Å². The van der Waals surface area contributed by atoms with E-state index in [-0.39, 0.29) is 17.3 Å². The number of amides is 2. The lowest BCUT2D eigenvalue weighted by Crippen LogP contribution is -2.16. The van der Waals surface area contributed by atoms with Crippen molar-refractivity contribution in [1.29, 1.82) is 0 Å². The number of aryl methyl sites for hydroxylation is 1. The van der Waals surface area contributed by atoms with Crippen LogP contribution < -0.4 is 10.6 Å². The van der Waals surface area contributed by atoms with E-state index in [1.807, 2.05) is 31.2 Å². The Kier molecular flexibility index (Phi) is 7.02. The summed E-state index contributed by atoms with van der Waals surface area (Å²) in [6, 6.07) is 18.4. The lowest BCUT2D eigenvalue weighted by Gasteiger charge is -2.11. The maximum absolute atomic E-state index is 12.7. The zero-order valence-electron chi connectivity index (χ0n) is 16.5. The fourth-order valence-corrected chi connectivity index (χ4v) is 3.55. The number of benzene rings is 3. The maximum Gasteiger partial charge on any atom is 0.416 e. The average molecular weight is 444 g/mol. The van der Waals surface area contributed by atoms with Crippen molar-refractivity contribution < 1.29 is 22.8 Å². The molecule has 4 nitrogen and oxygen atoms in total. The molecule has 0 radical (unpaired) electrons. The van der Waals surface area contributed by atoms with Crippen LogP contribution in [0.1, 0.15) is 21.5 Å². The molecule has 0 aliphatic carbocycles. The summed E-state index contributed by atoms with van der Waals surface area (Å²) in [4.78, 5) is 25.5. The minimum Gasteiger partial charge on any atom is -0.325 e. The first kappa shape index (κ1) is 22.4. The molecule has 0 aromatic heterocycles. The third-order valence-corrected chi connectivity index (χ3v) is 5.37. The summed E-state index contributed by atoms with van der Waals surface area (Å²) in [6.07, 6.45) is -4.44. The number of hydrogen-bond acceptors (Lipinski definition) is 3. The monoisotopic (exact) mass is 444 g/mol. The quantitative estimate of drug-likeness (QED) is 0.459. The lowest BCUT2D eigenvalue weighted by atomic mass is 10.1. The molecular weight excluding hydrogens is 425 g/mol. The molecule has 3 aromatic rings. The molecule has 0 spiro atoms. The predicted octanol–water partition coefficient (Wildman–Crippen LogP) is 6.00. The predicted molar refractivity (Wildman–Crippen MR) is 116 cm³/mol. The highest BCUT2D eigenvalue weighted by Crippen LogP contribution is 2.30. The van der Waals surface area contributed by atoms with Crippen molar-refractivity contribution in [1.82, 2.24) is 0 Å². The summed E-state index contributed by atoms with van der Waals surface area (Å²) in [5, 5.41) is 5.38. The molecular formula is C23H19F3N2O2S. The van der Waals surface area contributed by atoms with E-state index in [9.17, 15) is 22.8 Å². The zero-order chi connectivity index (χ0) is 22.4. The van der Waals surface area contributed by atoms with Gasteiger partial charge in [-0.25, -0.2) is 0 Å². The van der Waals surface area contributed by atoms with Gasteiger partial charge in [0.2, 0.25) is 5.91 Å². The van der Waals surface area contributed by atoms with E-state index < -0.39 is 17.6 Å². The Balaban J connectivity index is 1.63. The van der Waals surface area contributed by atoms with Crippen LogP contribution in [0, 0.1) is 6.92 Å². The second kappa shape index (κ2) is 9.70. The Labute approximate surface area is 181 Å². The van der Waals surface area contributed by atoms with Crippen LogP contribution in [0.2, 0.25) is 0 Å². The van der Waals surface area contributed by atoms with E-state index >= 15 is 0 Å². The number of halogens is 3. The topological polar surface area (TPSA) is 58.2 Å². The molecule has 8 heteroatoms. The molecule has 0 saturated carbocycles. The van der Waals surface area contributed by atoms with Gasteiger partial charge in [0.25, 0.3) is 5.91 Å². The maximum atomic E-state index is 12.7. The van der Waals surface area contributed by atoms with Gasteiger partial charge >= 0.3 is 6.18 Å². The normalized spacial score (nSPS) is 11.1. The van der Waals surface area contributed by atoms with E-state index in [4.69, 9.17) is 0 Å². The van der Waals surface area contributed by atoms with Gasteiger partial charge in [-0.1, -0.05) is 29.8 Å². The summed E-state index contributed by atoms with van der Waals surface area (Å²) >= 11 is 1.20. The number of rotatable bonds is 6. The molecule has 0 bridgehead atoms. The van der Waals surface area contributed by atoms with E-state index in [2.05, 4.69) is 10.6 Å². The van der Waals surface area contributed by atoms with Crippen molar-refractivity contribution in [2.75, 3.05) is 16.4 Å². The fraction of sp³-hybridized carbons (Fsp3) is 0.130. The first-order valence-corrected chi connectivity index (χ1v) is 10.3. The highest BCUT2D eigenvalue weighted by molar-refractivity contribution is 8.00. The second-order valence-corrected chi connectivity index (χ2v) is 7.75. The molecule has 0 aliphatic heterocycles. The fourth-order valence-electron chi connectivity index (χ4n) is 2.70. The van der Waals surface area contributed by atoms with Crippen LogP contribution >= 0.6 is 11.8 Å². The Morgan fingerprint density at radius 2 is 1.42 bits per heavy atom. The molecule has 0 heterocycles. The van der Waals surface area contributed by atoms with Crippen molar-refractivity contribution in [3.63, 3.8) is 0 Å². The number of thioether (sulfide) groups is 1. The molecule has 0 fully saturated rings. The summed E-state index contributed by atoms with van der Waals surface area (Å²) in [5.41, 5.74) is 1.55. The summed E-state index contributed by atoms with van der Waals surface area (Å²) in [5.74, 6) is -0.591. The number of carbonyl (C=O) groups excluding carboxylic acids is 2. The number of alkyl halides is 3. The van der Waals surface area contributed by atoms with Gasteiger partial charge in [-0.15, -0.1) is 11.8 Å². The molecule has 2 N–H and O–H groups in total. The van der Waals surface area contributed by atoms with E-state index in [0.29, 0.717) is 16.1 Å². The number of nitrogens with one attached hydrogen (secondary N) is 2. The van der Waals surface area contributed by atoms with Crippen LogP contribution in [0.5, 0.6) is 0 Å². The molecule has 0 saturated heterocycles. The first-order chi connectivity index (χ1) is 14.7. The number of hydrogen-bond donors (Lipinski definition) is 2. The van der Waals surface area contributed by atoms with Gasteiger partial charge in [0, 0.05) is 16.3 Å². The van der Waals surface area contributed by atoms with Gasteiger partial charge in [0.05, 0.1) is 16.9 Å². The Morgan fingerprint density at radius 1 is 0.839 bits per heavy atom. The van der Waals surface area contributed by atoms with Gasteiger partial charge < -0.3 is 10.6 Å². The Bertz CT molecular complexity index is 1070. The Hall–Kier alpha value is -3.26. The summed E-state index contributed by atoms with van der Waals surface area (Å²) < 4.78 is 38.0. The first-order valence-electron chi connectivity index (χ1n) is 9.29. The third-order valence-electron chi connectivity index (χ3n) is 4.30. The Morgan fingerprint density at radius 3 is 2.06 bits per heavy atom. The number of anilines is 2.